The second-order valence-corrected chi connectivity index (χ2v) is 5.88. The maximum atomic E-state index is 12.0. The summed E-state index contributed by atoms with van der Waals surface area (Å²) in [7, 11) is 1.58. The van der Waals surface area contributed by atoms with Gasteiger partial charge in [0.1, 0.15) is 19.0 Å². The molecule has 0 bridgehead atoms. The number of amides is 1. The number of benzene rings is 2. The lowest BCUT2D eigenvalue weighted by molar-refractivity contribution is -0.147. The number of anilines is 1. The van der Waals surface area contributed by atoms with Crippen LogP contribution >= 0.6 is 0 Å². The summed E-state index contributed by atoms with van der Waals surface area (Å²) in [4.78, 5) is 23.9. The number of para-hydroxylation sites is 1. The molecule has 0 saturated carbocycles. The molecule has 1 amide bonds. The van der Waals surface area contributed by atoms with Crippen molar-refractivity contribution in [1.29, 1.82) is 0 Å². The largest absolute Gasteiger partial charge is 0.496 e. The standard InChI is InChI=1S/C20H21NO6/c1-24-16-5-3-2-4-14(16)6-9-20(23)27-13-19(22)21-15-7-8-17-18(12-15)26-11-10-25-17/h2-5,7-8,12H,6,9-11,13H2,1H3,(H,21,22). The van der Waals surface area contributed by atoms with Crippen LogP contribution in [0, 0.1) is 0 Å². The summed E-state index contributed by atoms with van der Waals surface area (Å²) >= 11 is 0. The topological polar surface area (TPSA) is 83.1 Å². The number of fused-ring (bicyclic) bond motifs is 1. The van der Waals surface area contributed by atoms with Crippen molar-refractivity contribution in [2.24, 2.45) is 0 Å². The number of hydrogen-bond acceptors (Lipinski definition) is 6. The summed E-state index contributed by atoms with van der Waals surface area (Å²) in [5.41, 5.74) is 1.46. The first-order valence-corrected chi connectivity index (χ1v) is 8.63. The molecule has 0 saturated heterocycles. The number of nitrogens with one attached hydrogen (secondary N) is 1. The van der Waals surface area contributed by atoms with E-state index in [0.29, 0.717) is 36.8 Å². The van der Waals surface area contributed by atoms with Crippen LogP contribution in [0.5, 0.6) is 17.2 Å². The van der Waals surface area contributed by atoms with Gasteiger partial charge >= 0.3 is 5.97 Å². The van der Waals surface area contributed by atoms with Gasteiger partial charge in [0.2, 0.25) is 0 Å². The Balaban J connectivity index is 1.44. The van der Waals surface area contributed by atoms with Crippen LogP contribution in [0.25, 0.3) is 0 Å². The van der Waals surface area contributed by atoms with Gasteiger partial charge in [0.15, 0.2) is 18.1 Å². The van der Waals surface area contributed by atoms with Crippen LogP contribution in [-0.2, 0) is 20.7 Å². The first-order valence-electron chi connectivity index (χ1n) is 8.63. The Labute approximate surface area is 157 Å². The Morgan fingerprint density at radius 2 is 1.85 bits per heavy atom. The van der Waals surface area contributed by atoms with Crippen molar-refractivity contribution in [3.05, 3.63) is 48.0 Å². The SMILES string of the molecule is COc1ccccc1CCC(=O)OCC(=O)Nc1ccc2c(c1)OCCO2. The summed E-state index contributed by atoms with van der Waals surface area (Å²) < 4.78 is 21.2. The van der Waals surface area contributed by atoms with Crippen LogP contribution in [0.3, 0.4) is 0 Å². The number of ether oxygens (including phenoxy) is 4. The van der Waals surface area contributed by atoms with Gasteiger partial charge in [-0.2, -0.15) is 0 Å². The molecule has 27 heavy (non-hydrogen) atoms. The second kappa shape index (κ2) is 8.93. The lowest BCUT2D eigenvalue weighted by Crippen LogP contribution is -2.21. The molecule has 0 radical (unpaired) electrons. The molecule has 1 aliphatic rings. The van der Waals surface area contributed by atoms with E-state index in [1.807, 2.05) is 24.3 Å². The second-order valence-electron chi connectivity index (χ2n) is 5.88. The molecular formula is C20H21NO6. The number of aryl methyl sites for hydroxylation is 1. The Kier molecular flexibility index (Phi) is 6.14. The van der Waals surface area contributed by atoms with Gasteiger partial charge < -0.3 is 24.3 Å². The van der Waals surface area contributed by atoms with Crippen molar-refractivity contribution in [3.63, 3.8) is 0 Å². The molecule has 7 heteroatoms. The van der Waals surface area contributed by atoms with E-state index in [1.54, 1.807) is 25.3 Å². The van der Waals surface area contributed by atoms with Crippen LogP contribution in [0.15, 0.2) is 42.5 Å². The highest BCUT2D eigenvalue weighted by Gasteiger charge is 2.14. The number of methoxy groups -OCH3 is 1. The minimum atomic E-state index is -0.446. The van der Waals surface area contributed by atoms with Gasteiger partial charge in [0.05, 0.1) is 7.11 Å². The number of carbonyl (C=O) groups excluding carboxylic acids is 2. The van der Waals surface area contributed by atoms with Gasteiger partial charge in [-0.1, -0.05) is 18.2 Å². The summed E-state index contributed by atoms with van der Waals surface area (Å²) in [5, 5.41) is 2.67. The van der Waals surface area contributed by atoms with Gasteiger partial charge in [0.25, 0.3) is 5.91 Å². The first-order chi connectivity index (χ1) is 13.2. The van der Waals surface area contributed by atoms with E-state index < -0.39 is 11.9 Å². The number of hydrogen-bond donors (Lipinski definition) is 1. The highest BCUT2D eigenvalue weighted by atomic mass is 16.6. The van der Waals surface area contributed by atoms with Crippen LogP contribution in [0.4, 0.5) is 5.69 Å². The van der Waals surface area contributed by atoms with Gasteiger partial charge in [-0.05, 0) is 30.2 Å². The third kappa shape index (κ3) is 5.13. The Bertz CT molecular complexity index is 820. The highest BCUT2D eigenvalue weighted by Crippen LogP contribution is 2.32. The molecule has 0 aliphatic carbocycles. The predicted octanol–water partition coefficient (Wildman–Crippen LogP) is 2.58. The first kappa shape index (κ1) is 18.6. The van der Waals surface area contributed by atoms with Crippen LogP contribution < -0.4 is 19.5 Å². The van der Waals surface area contributed by atoms with E-state index in [-0.39, 0.29) is 13.0 Å². The summed E-state index contributed by atoms with van der Waals surface area (Å²) in [6, 6.07) is 12.6. The fourth-order valence-electron chi connectivity index (χ4n) is 2.68. The van der Waals surface area contributed by atoms with E-state index in [1.165, 1.54) is 0 Å². The van der Waals surface area contributed by atoms with Crippen molar-refractivity contribution in [3.8, 4) is 17.2 Å². The Morgan fingerprint density at radius 3 is 2.67 bits per heavy atom. The third-order valence-corrected chi connectivity index (χ3v) is 3.98. The molecule has 0 spiro atoms. The minimum absolute atomic E-state index is 0.164. The van der Waals surface area contributed by atoms with E-state index in [9.17, 15) is 9.59 Å². The zero-order valence-corrected chi connectivity index (χ0v) is 15.0. The monoisotopic (exact) mass is 371 g/mol. The van der Waals surface area contributed by atoms with E-state index in [4.69, 9.17) is 18.9 Å². The summed E-state index contributed by atoms with van der Waals surface area (Å²) in [6.45, 7) is 0.622. The maximum Gasteiger partial charge on any atom is 0.306 e. The molecule has 0 fully saturated rings. The zero-order chi connectivity index (χ0) is 19.1. The molecule has 0 atom stereocenters. The number of carbonyl (C=O) groups is 2. The predicted molar refractivity (Wildman–Crippen MR) is 98.3 cm³/mol. The molecule has 7 nitrogen and oxygen atoms in total. The molecule has 2 aromatic rings. The third-order valence-electron chi connectivity index (χ3n) is 3.98. The van der Waals surface area contributed by atoms with Crippen molar-refractivity contribution in [1.82, 2.24) is 0 Å². The van der Waals surface area contributed by atoms with Crippen molar-refractivity contribution in [2.75, 3.05) is 32.2 Å². The van der Waals surface area contributed by atoms with E-state index in [2.05, 4.69) is 5.32 Å². The lowest BCUT2D eigenvalue weighted by Gasteiger charge is -2.19. The quantitative estimate of drug-likeness (QED) is 0.754. The normalized spacial score (nSPS) is 12.2. The molecule has 142 valence electrons. The summed E-state index contributed by atoms with van der Waals surface area (Å²) in [6.07, 6.45) is 0.643. The maximum absolute atomic E-state index is 12.0. The molecule has 1 N–H and O–H groups in total. The average molecular weight is 371 g/mol. The van der Waals surface area contributed by atoms with Crippen molar-refractivity contribution in [2.45, 2.75) is 12.8 Å². The van der Waals surface area contributed by atoms with Crippen LogP contribution in [-0.4, -0.2) is 38.8 Å². The molecule has 2 aromatic carbocycles. The van der Waals surface area contributed by atoms with Gasteiger partial charge in [0, 0.05) is 18.2 Å². The van der Waals surface area contributed by atoms with Crippen molar-refractivity contribution < 1.29 is 28.5 Å². The highest BCUT2D eigenvalue weighted by molar-refractivity contribution is 5.93. The van der Waals surface area contributed by atoms with Crippen molar-refractivity contribution >= 4 is 17.6 Å². The summed E-state index contributed by atoms with van der Waals surface area (Å²) in [5.74, 6) is 1.08. The smallest absolute Gasteiger partial charge is 0.306 e. The van der Waals surface area contributed by atoms with E-state index >= 15 is 0 Å². The van der Waals surface area contributed by atoms with Gasteiger partial charge in [-0.3, -0.25) is 9.59 Å². The number of rotatable bonds is 7. The minimum Gasteiger partial charge on any atom is -0.496 e. The van der Waals surface area contributed by atoms with Crippen LogP contribution in [0.1, 0.15) is 12.0 Å². The van der Waals surface area contributed by atoms with Gasteiger partial charge in [-0.25, -0.2) is 0 Å². The number of esters is 1. The molecule has 3 rings (SSSR count). The molecule has 1 aliphatic heterocycles. The van der Waals surface area contributed by atoms with Crippen LogP contribution in [0.2, 0.25) is 0 Å². The Morgan fingerprint density at radius 1 is 1.07 bits per heavy atom. The lowest BCUT2D eigenvalue weighted by atomic mass is 10.1. The fourth-order valence-corrected chi connectivity index (χ4v) is 2.68. The molecule has 0 aromatic heterocycles. The van der Waals surface area contributed by atoms with Gasteiger partial charge in [-0.15, -0.1) is 0 Å². The molecule has 0 unspecified atom stereocenters. The Hall–Kier alpha value is -3.22. The molecular weight excluding hydrogens is 350 g/mol. The average Bonchev–Trinajstić information content (AvgIpc) is 2.70. The fraction of sp³-hybridized carbons (Fsp3) is 0.300. The zero-order valence-electron chi connectivity index (χ0n) is 15.0. The molecule has 1 heterocycles. The van der Waals surface area contributed by atoms with E-state index in [0.717, 1.165) is 11.3 Å².